The molecule has 1 aliphatic rings. The summed E-state index contributed by atoms with van der Waals surface area (Å²) in [4.78, 5) is 35.4. The highest BCUT2D eigenvalue weighted by Crippen LogP contribution is 2.38. The molecule has 0 aliphatic carbocycles. The van der Waals surface area contributed by atoms with Gasteiger partial charge in [-0.3, -0.25) is 9.59 Å². The van der Waals surface area contributed by atoms with Crippen molar-refractivity contribution in [2.75, 3.05) is 41.0 Å². The molecule has 2 amide bonds. The number of ether oxygens (including phenoxy) is 3. The maximum absolute atomic E-state index is 12.8. The van der Waals surface area contributed by atoms with Crippen molar-refractivity contribution in [3.8, 4) is 17.2 Å². The number of imidazole rings is 1. The lowest BCUT2D eigenvalue weighted by atomic mass is 9.97. The summed E-state index contributed by atoms with van der Waals surface area (Å²) in [5.74, 6) is 1.66. The second-order valence-corrected chi connectivity index (χ2v) is 7.91. The summed E-state index contributed by atoms with van der Waals surface area (Å²) in [6, 6.07) is 11.0. The predicted molar refractivity (Wildman–Crippen MR) is 123 cm³/mol. The van der Waals surface area contributed by atoms with E-state index < -0.39 is 5.91 Å². The second kappa shape index (κ2) is 9.81. The van der Waals surface area contributed by atoms with Gasteiger partial charge in [-0.15, -0.1) is 0 Å². The summed E-state index contributed by atoms with van der Waals surface area (Å²) in [5, 5.41) is 2.71. The molecule has 1 atom stereocenters. The molecule has 1 saturated heterocycles. The molecule has 1 aromatic heterocycles. The van der Waals surface area contributed by atoms with Crippen LogP contribution >= 0.6 is 0 Å². The van der Waals surface area contributed by atoms with Crippen LogP contribution in [0.4, 0.5) is 0 Å². The van der Waals surface area contributed by atoms with Gasteiger partial charge in [-0.05, 0) is 37.1 Å². The van der Waals surface area contributed by atoms with Crippen molar-refractivity contribution in [2.45, 2.75) is 18.8 Å². The molecule has 9 nitrogen and oxygen atoms in total. The molecule has 1 fully saturated rings. The van der Waals surface area contributed by atoms with Crippen LogP contribution < -0.4 is 19.5 Å². The largest absolute Gasteiger partial charge is 0.493 e. The van der Waals surface area contributed by atoms with Crippen LogP contribution in [0.1, 0.15) is 34.9 Å². The lowest BCUT2D eigenvalue weighted by Crippen LogP contribution is -2.44. The average molecular weight is 453 g/mol. The summed E-state index contributed by atoms with van der Waals surface area (Å²) >= 11 is 0. The van der Waals surface area contributed by atoms with Gasteiger partial charge in [-0.2, -0.15) is 0 Å². The number of rotatable bonds is 7. The first kappa shape index (κ1) is 22.4. The first-order valence-electron chi connectivity index (χ1n) is 10.8. The molecule has 0 radical (unpaired) electrons. The van der Waals surface area contributed by atoms with Gasteiger partial charge in [0, 0.05) is 24.6 Å². The zero-order valence-electron chi connectivity index (χ0n) is 19.0. The van der Waals surface area contributed by atoms with E-state index in [1.54, 1.807) is 17.0 Å². The number of fused-ring (bicyclic) bond motifs is 1. The molecular formula is C24H28N4O5. The minimum atomic E-state index is -0.395. The molecule has 2 heterocycles. The Bertz CT molecular complexity index is 1100. The van der Waals surface area contributed by atoms with Crippen LogP contribution in [0.15, 0.2) is 36.4 Å². The van der Waals surface area contributed by atoms with Gasteiger partial charge < -0.3 is 29.4 Å². The molecule has 0 unspecified atom stereocenters. The topological polar surface area (TPSA) is 106 Å². The van der Waals surface area contributed by atoms with E-state index in [4.69, 9.17) is 19.2 Å². The molecule has 33 heavy (non-hydrogen) atoms. The molecular weight excluding hydrogens is 424 g/mol. The van der Waals surface area contributed by atoms with Gasteiger partial charge in [0.2, 0.25) is 11.7 Å². The molecule has 0 saturated carbocycles. The zero-order chi connectivity index (χ0) is 23.4. The van der Waals surface area contributed by atoms with Crippen LogP contribution in [-0.4, -0.2) is 67.6 Å². The number of carbonyl (C=O) groups is 2. The van der Waals surface area contributed by atoms with Gasteiger partial charge >= 0.3 is 0 Å². The minimum absolute atomic E-state index is 0.0949. The predicted octanol–water partition coefficient (Wildman–Crippen LogP) is 2.72. The van der Waals surface area contributed by atoms with Crippen LogP contribution in [0.25, 0.3) is 11.0 Å². The number of likely N-dealkylation sites (tertiary alicyclic amines) is 1. The summed E-state index contributed by atoms with van der Waals surface area (Å²) in [6.07, 6.45) is 1.84. The number of para-hydroxylation sites is 2. The molecule has 1 aliphatic heterocycles. The summed E-state index contributed by atoms with van der Waals surface area (Å²) < 4.78 is 15.9. The molecule has 4 rings (SSSR count). The Balaban J connectivity index is 1.39. The van der Waals surface area contributed by atoms with Gasteiger partial charge in [-0.1, -0.05) is 12.1 Å². The number of H-pyrrole nitrogens is 1. The van der Waals surface area contributed by atoms with Gasteiger partial charge in [0.25, 0.3) is 5.91 Å². The van der Waals surface area contributed by atoms with Crippen LogP contribution in [0.5, 0.6) is 17.2 Å². The third-order valence-electron chi connectivity index (χ3n) is 5.90. The fourth-order valence-electron chi connectivity index (χ4n) is 4.17. The number of nitrogens with one attached hydrogen (secondary N) is 2. The monoisotopic (exact) mass is 452 g/mol. The van der Waals surface area contributed by atoms with Crippen LogP contribution in [0.3, 0.4) is 0 Å². The third-order valence-corrected chi connectivity index (χ3v) is 5.90. The van der Waals surface area contributed by atoms with Crippen LogP contribution in [0, 0.1) is 0 Å². The van der Waals surface area contributed by atoms with Crippen LogP contribution in [0.2, 0.25) is 0 Å². The number of hydrogen-bond acceptors (Lipinski definition) is 6. The lowest BCUT2D eigenvalue weighted by molar-refractivity contribution is -0.131. The maximum Gasteiger partial charge on any atom is 0.251 e. The Morgan fingerprint density at radius 2 is 1.85 bits per heavy atom. The highest BCUT2D eigenvalue weighted by atomic mass is 16.5. The molecule has 3 aromatic rings. The average Bonchev–Trinajstić information content (AvgIpc) is 3.30. The SMILES string of the molecule is COc1cc(C(=O)NCC(=O)N2CCC[C@H](c3nc4ccccc4[nH]3)C2)cc(OC)c1OC. The van der Waals surface area contributed by atoms with E-state index in [1.807, 2.05) is 24.3 Å². The summed E-state index contributed by atoms with van der Waals surface area (Å²) in [5.41, 5.74) is 2.23. The van der Waals surface area contributed by atoms with Gasteiger partial charge in [-0.25, -0.2) is 4.98 Å². The van der Waals surface area contributed by atoms with E-state index in [1.165, 1.54) is 21.3 Å². The number of methoxy groups -OCH3 is 3. The van der Waals surface area contributed by atoms with Gasteiger partial charge in [0.15, 0.2) is 11.5 Å². The normalized spacial score (nSPS) is 15.8. The van der Waals surface area contributed by atoms with Crippen molar-refractivity contribution in [1.82, 2.24) is 20.2 Å². The number of amides is 2. The van der Waals surface area contributed by atoms with E-state index in [2.05, 4.69) is 10.3 Å². The van der Waals surface area contributed by atoms with Crippen molar-refractivity contribution in [1.29, 1.82) is 0 Å². The lowest BCUT2D eigenvalue weighted by Gasteiger charge is -2.32. The number of carbonyl (C=O) groups excluding carboxylic acids is 2. The molecule has 2 aromatic carbocycles. The van der Waals surface area contributed by atoms with E-state index >= 15 is 0 Å². The number of hydrogen-bond donors (Lipinski definition) is 2. The Kier molecular flexibility index (Phi) is 6.67. The first-order valence-corrected chi connectivity index (χ1v) is 10.8. The van der Waals surface area contributed by atoms with Gasteiger partial charge in [0.1, 0.15) is 5.82 Å². The second-order valence-electron chi connectivity index (χ2n) is 7.91. The van der Waals surface area contributed by atoms with E-state index in [0.717, 1.165) is 29.7 Å². The number of benzene rings is 2. The summed E-state index contributed by atoms with van der Waals surface area (Å²) in [6.45, 7) is 1.14. The van der Waals surface area contributed by atoms with Crippen molar-refractivity contribution >= 4 is 22.8 Å². The molecule has 9 heteroatoms. The molecule has 0 spiro atoms. The van der Waals surface area contributed by atoms with Crippen molar-refractivity contribution in [2.24, 2.45) is 0 Å². The standard InChI is InChI=1S/C24H28N4O5/c1-31-19-11-16(12-20(32-2)22(19)33-3)24(30)25-13-21(29)28-10-6-7-15(14-28)23-26-17-8-4-5-9-18(17)27-23/h4-5,8-9,11-12,15H,6-7,10,13-14H2,1-3H3,(H,25,30)(H,26,27)/t15-/m0/s1. The van der Waals surface area contributed by atoms with Crippen LogP contribution in [-0.2, 0) is 4.79 Å². The van der Waals surface area contributed by atoms with E-state index in [-0.39, 0.29) is 18.4 Å². The maximum atomic E-state index is 12.8. The molecule has 2 N–H and O–H groups in total. The fourth-order valence-corrected chi connectivity index (χ4v) is 4.17. The third kappa shape index (κ3) is 4.72. The highest BCUT2D eigenvalue weighted by molar-refractivity contribution is 5.97. The zero-order valence-corrected chi connectivity index (χ0v) is 19.0. The highest BCUT2D eigenvalue weighted by Gasteiger charge is 2.27. The first-order chi connectivity index (χ1) is 16.0. The number of aromatic nitrogens is 2. The van der Waals surface area contributed by atoms with E-state index in [9.17, 15) is 9.59 Å². The fraction of sp³-hybridized carbons (Fsp3) is 0.375. The van der Waals surface area contributed by atoms with E-state index in [0.29, 0.717) is 35.9 Å². The van der Waals surface area contributed by atoms with Gasteiger partial charge in [0.05, 0.1) is 38.9 Å². The van der Waals surface area contributed by atoms with Crippen molar-refractivity contribution in [3.63, 3.8) is 0 Å². The number of nitrogens with zero attached hydrogens (tertiary/aromatic N) is 2. The Morgan fingerprint density at radius 3 is 2.52 bits per heavy atom. The Morgan fingerprint density at radius 1 is 1.12 bits per heavy atom. The summed E-state index contributed by atoms with van der Waals surface area (Å²) in [7, 11) is 4.46. The number of piperidine rings is 1. The quantitative estimate of drug-likeness (QED) is 0.571. The number of aromatic amines is 1. The minimum Gasteiger partial charge on any atom is -0.493 e. The van der Waals surface area contributed by atoms with Crippen molar-refractivity contribution in [3.05, 3.63) is 47.8 Å². The molecule has 174 valence electrons. The molecule has 0 bridgehead atoms. The van der Waals surface area contributed by atoms with Crippen molar-refractivity contribution < 1.29 is 23.8 Å². The Hall–Kier alpha value is -3.75. The smallest absolute Gasteiger partial charge is 0.251 e. The Labute approximate surface area is 192 Å².